The second kappa shape index (κ2) is 7.91. The Morgan fingerprint density at radius 2 is 1.97 bits per heavy atom. The fraction of sp³-hybridized carbons (Fsp3) is 0.412. The maximum atomic E-state index is 12.3. The lowest BCUT2D eigenvalue weighted by Crippen LogP contribution is -2.44. The number of rotatable bonds is 7. The minimum Gasteiger partial charge on any atom is -0.334 e. The first-order valence-corrected chi connectivity index (χ1v) is 10.9. The third-order valence-electron chi connectivity index (χ3n) is 4.67. The Morgan fingerprint density at radius 1 is 1.20 bits per heavy atom. The van der Waals surface area contributed by atoms with Gasteiger partial charge in [0, 0.05) is 31.1 Å². The molecular formula is C17H19N7O5S. The number of carbonyl (C=O) groups excluding carboxylic acids is 2. The molecule has 4 rings (SSSR count). The van der Waals surface area contributed by atoms with Gasteiger partial charge >= 0.3 is 0 Å². The van der Waals surface area contributed by atoms with Gasteiger partial charge in [-0.05, 0) is 25.5 Å². The lowest BCUT2D eigenvalue weighted by atomic mass is 10.1. The van der Waals surface area contributed by atoms with Crippen LogP contribution in [0.2, 0.25) is 0 Å². The highest BCUT2D eigenvalue weighted by Gasteiger charge is 2.27. The molecule has 3 aromatic heterocycles. The Labute approximate surface area is 171 Å². The molecule has 0 atom stereocenters. The molecule has 0 unspecified atom stereocenters. The number of nitrogens with one attached hydrogen (secondary N) is 1. The third-order valence-corrected chi connectivity index (χ3v) is 5.98. The first-order chi connectivity index (χ1) is 14.3. The topological polar surface area (TPSA) is 153 Å². The van der Waals surface area contributed by atoms with Crippen LogP contribution >= 0.6 is 0 Å². The normalized spacial score (nSPS) is 15.3. The number of aryl methyl sites for hydroxylation is 1. The summed E-state index contributed by atoms with van der Waals surface area (Å²) in [6.07, 6.45) is 2.71. The summed E-state index contributed by atoms with van der Waals surface area (Å²) in [5, 5.41) is 11.8. The summed E-state index contributed by atoms with van der Waals surface area (Å²) >= 11 is 0. The highest BCUT2D eigenvalue weighted by atomic mass is 32.2. The smallest absolute Gasteiger partial charge is 0.258 e. The van der Waals surface area contributed by atoms with Crippen LogP contribution in [-0.2, 0) is 26.2 Å². The van der Waals surface area contributed by atoms with Gasteiger partial charge in [0.25, 0.3) is 5.89 Å². The van der Waals surface area contributed by atoms with E-state index in [-0.39, 0.29) is 43.5 Å². The van der Waals surface area contributed by atoms with Crippen molar-refractivity contribution in [1.29, 1.82) is 0 Å². The molecule has 0 bridgehead atoms. The SMILES string of the molecule is Cc1noc(-c2ccn3c(CNS(=O)(=O)CCN4C(=O)CCCC4=O)nnc3c2)n1. The quantitative estimate of drug-likeness (QED) is 0.509. The molecule has 0 saturated carbocycles. The molecule has 1 fully saturated rings. The molecule has 12 nitrogen and oxygen atoms in total. The Morgan fingerprint density at radius 3 is 2.67 bits per heavy atom. The number of nitrogens with zero attached hydrogens (tertiary/aromatic N) is 6. The van der Waals surface area contributed by atoms with Gasteiger partial charge in [0.15, 0.2) is 17.3 Å². The van der Waals surface area contributed by atoms with Gasteiger partial charge in [0.2, 0.25) is 21.8 Å². The average Bonchev–Trinajstić information content (AvgIpc) is 3.31. The van der Waals surface area contributed by atoms with E-state index in [0.29, 0.717) is 35.2 Å². The second-order valence-corrected chi connectivity index (χ2v) is 8.77. The van der Waals surface area contributed by atoms with Gasteiger partial charge in [-0.3, -0.25) is 18.9 Å². The van der Waals surface area contributed by atoms with Crippen LogP contribution in [0.5, 0.6) is 0 Å². The average molecular weight is 433 g/mol. The van der Waals surface area contributed by atoms with Crippen LogP contribution in [0.3, 0.4) is 0 Å². The number of aromatic nitrogens is 5. The predicted molar refractivity (Wildman–Crippen MR) is 102 cm³/mol. The first kappa shape index (κ1) is 20.1. The molecule has 1 N–H and O–H groups in total. The minimum atomic E-state index is -3.73. The van der Waals surface area contributed by atoms with Crippen molar-refractivity contribution in [2.24, 2.45) is 0 Å². The van der Waals surface area contributed by atoms with Crippen molar-refractivity contribution in [3.8, 4) is 11.5 Å². The number of hydrogen-bond acceptors (Lipinski definition) is 9. The molecule has 0 spiro atoms. The number of fused-ring (bicyclic) bond motifs is 1. The highest BCUT2D eigenvalue weighted by Crippen LogP contribution is 2.19. The maximum absolute atomic E-state index is 12.3. The second-order valence-electron chi connectivity index (χ2n) is 6.84. The number of amides is 2. The summed E-state index contributed by atoms with van der Waals surface area (Å²) in [6, 6.07) is 3.43. The van der Waals surface area contributed by atoms with Crippen LogP contribution < -0.4 is 4.72 Å². The van der Waals surface area contributed by atoms with Crippen molar-refractivity contribution in [3.05, 3.63) is 30.0 Å². The lowest BCUT2D eigenvalue weighted by Gasteiger charge is -2.24. The molecule has 13 heteroatoms. The van der Waals surface area contributed by atoms with Crippen LogP contribution in [0, 0.1) is 6.92 Å². The van der Waals surface area contributed by atoms with Crippen molar-refractivity contribution in [3.63, 3.8) is 0 Å². The first-order valence-electron chi connectivity index (χ1n) is 9.27. The van der Waals surface area contributed by atoms with E-state index in [2.05, 4.69) is 25.1 Å². The molecule has 1 aliphatic rings. The summed E-state index contributed by atoms with van der Waals surface area (Å²) in [7, 11) is -3.73. The van der Waals surface area contributed by atoms with Crippen molar-refractivity contribution in [1.82, 2.24) is 34.4 Å². The van der Waals surface area contributed by atoms with Crippen molar-refractivity contribution in [2.45, 2.75) is 32.7 Å². The van der Waals surface area contributed by atoms with Crippen molar-refractivity contribution in [2.75, 3.05) is 12.3 Å². The number of sulfonamides is 1. The number of piperidine rings is 1. The van der Waals surface area contributed by atoms with Crippen LogP contribution in [0.15, 0.2) is 22.9 Å². The molecule has 1 saturated heterocycles. The highest BCUT2D eigenvalue weighted by molar-refractivity contribution is 7.89. The van der Waals surface area contributed by atoms with Gasteiger partial charge in [-0.1, -0.05) is 5.16 Å². The van der Waals surface area contributed by atoms with Gasteiger partial charge in [-0.25, -0.2) is 13.1 Å². The van der Waals surface area contributed by atoms with Crippen LogP contribution in [0.4, 0.5) is 0 Å². The Hall–Kier alpha value is -3.19. The zero-order chi connectivity index (χ0) is 21.3. The van der Waals surface area contributed by atoms with Crippen LogP contribution in [0.25, 0.3) is 17.1 Å². The minimum absolute atomic E-state index is 0.0929. The maximum Gasteiger partial charge on any atom is 0.258 e. The number of likely N-dealkylation sites (tertiary alicyclic amines) is 1. The Bertz CT molecular complexity index is 1200. The van der Waals surface area contributed by atoms with E-state index in [1.165, 1.54) is 0 Å². The zero-order valence-corrected chi connectivity index (χ0v) is 16.9. The van der Waals surface area contributed by atoms with E-state index >= 15 is 0 Å². The van der Waals surface area contributed by atoms with E-state index in [9.17, 15) is 18.0 Å². The van der Waals surface area contributed by atoms with E-state index in [4.69, 9.17) is 4.52 Å². The molecule has 30 heavy (non-hydrogen) atoms. The van der Waals surface area contributed by atoms with Crippen LogP contribution in [0.1, 0.15) is 30.9 Å². The Kier molecular flexibility index (Phi) is 5.30. The molecule has 3 aromatic rings. The predicted octanol–water partition coefficient (Wildman–Crippen LogP) is 0.0462. The fourth-order valence-electron chi connectivity index (χ4n) is 3.12. The van der Waals surface area contributed by atoms with Crippen molar-refractivity contribution >= 4 is 27.5 Å². The van der Waals surface area contributed by atoms with Gasteiger partial charge in [0.05, 0.1) is 12.3 Å². The van der Waals surface area contributed by atoms with Gasteiger partial charge in [-0.2, -0.15) is 4.98 Å². The summed E-state index contributed by atoms with van der Waals surface area (Å²) in [4.78, 5) is 28.8. The molecule has 158 valence electrons. The summed E-state index contributed by atoms with van der Waals surface area (Å²) < 4.78 is 33.8. The zero-order valence-electron chi connectivity index (χ0n) is 16.1. The molecular weight excluding hydrogens is 414 g/mol. The Balaban J connectivity index is 1.41. The molecule has 1 aliphatic heterocycles. The summed E-state index contributed by atoms with van der Waals surface area (Å²) in [5.41, 5.74) is 1.15. The van der Waals surface area contributed by atoms with E-state index in [0.717, 1.165) is 4.90 Å². The monoisotopic (exact) mass is 433 g/mol. The van der Waals surface area contributed by atoms with E-state index in [1.54, 1.807) is 29.7 Å². The molecule has 0 aromatic carbocycles. The van der Waals surface area contributed by atoms with Crippen LogP contribution in [-0.4, -0.2) is 62.2 Å². The molecule has 2 amide bonds. The summed E-state index contributed by atoms with van der Waals surface area (Å²) in [5.74, 6) is 0.194. The lowest BCUT2D eigenvalue weighted by molar-refractivity contribution is -0.147. The number of imide groups is 1. The van der Waals surface area contributed by atoms with E-state index < -0.39 is 10.0 Å². The van der Waals surface area contributed by atoms with Gasteiger partial charge in [0.1, 0.15) is 0 Å². The fourth-order valence-corrected chi connectivity index (χ4v) is 4.03. The molecule has 4 heterocycles. The molecule has 0 aliphatic carbocycles. The van der Waals surface area contributed by atoms with Gasteiger partial charge < -0.3 is 4.52 Å². The standard InChI is InChI=1S/C17H19N7O5S/c1-11-19-17(29-22-11)12-5-6-23-13(9-12)20-21-14(23)10-18-30(27,28)8-7-24-15(25)3-2-4-16(24)26/h5-6,9,18H,2-4,7-8,10H2,1H3. The number of hydrogen-bond donors (Lipinski definition) is 1. The largest absolute Gasteiger partial charge is 0.334 e. The number of carbonyl (C=O) groups is 2. The molecule has 0 radical (unpaired) electrons. The third kappa shape index (κ3) is 4.21. The van der Waals surface area contributed by atoms with Gasteiger partial charge in [-0.15, -0.1) is 10.2 Å². The number of pyridine rings is 1. The summed E-state index contributed by atoms with van der Waals surface area (Å²) in [6.45, 7) is 1.45. The van der Waals surface area contributed by atoms with Crippen molar-refractivity contribution < 1.29 is 22.5 Å². The van der Waals surface area contributed by atoms with E-state index in [1.807, 2.05) is 0 Å².